The largest absolute Gasteiger partial charge is 0.309 e. The SMILES string of the molecule is CNC(I)C1CN1. The zero-order chi connectivity index (χ0) is 5.28. The molecule has 1 saturated heterocycles. The first kappa shape index (κ1) is 5.78. The summed E-state index contributed by atoms with van der Waals surface area (Å²) < 4.78 is 0.623. The smallest absolute Gasteiger partial charge is 0.0759 e. The van der Waals surface area contributed by atoms with Crippen LogP contribution < -0.4 is 10.6 Å². The van der Waals surface area contributed by atoms with E-state index in [-0.39, 0.29) is 0 Å². The van der Waals surface area contributed by atoms with Gasteiger partial charge in [-0.15, -0.1) is 0 Å². The first-order valence-electron chi connectivity index (χ1n) is 2.39. The van der Waals surface area contributed by atoms with Crippen molar-refractivity contribution in [2.75, 3.05) is 13.6 Å². The van der Waals surface area contributed by atoms with Gasteiger partial charge in [-0.3, -0.25) is 0 Å². The Bertz CT molecular complexity index is 62.7. The van der Waals surface area contributed by atoms with Crippen LogP contribution in [0.15, 0.2) is 0 Å². The third kappa shape index (κ3) is 1.54. The van der Waals surface area contributed by atoms with Gasteiger partial charge in [0.05, 0.1) is 4.05 Å². The molecule has 2 nitrogen and oxygen atoms in total. The summed E-state index contributed by atoms with van der Waals surface area (Å²) in [4.78, 5) is 0. The average molecular weight is 212 g/mol. The van der Waals surface area contributed by atoms with Crippen LogP contribution in [0, 0.1) is 0 Å². The van der Waals surface area contributed by atoms with Crippen molar-refractivity contribution in [2.24, 2.45) is 0 Å². The van der Waals surface area contributed by atoms with Gasteiger partial charge in [0.25, 0.3) is 0 Å². The Hall–Kier alpha value is 0.650. The highest BCUT2D eigenvalue weighted by molar-refractivity contribution is 14.1. The van der Waals surface area contributed by atoms with Crippen LogP contribution in [0.4, 0.5) is 0 Å². The fourth-order valence-electron chi connectivity index (χ4n) is 0.476. The van der Waals surface area contributed by atoms with Gasteiger partial charge in [-0.05, 0) is 7.05 Å². The van der Waals surface area contributed by atoms with E-state index in [4.69, 9.17) is 0 Å². The molecule has 2 unspecified atom stereocenters. The second kappa shape index (κ2) is 2.28. The van der Waals surface area contributed by atoms with Crippen molar-refractivity contribution in [3.63, 3.8) is 0 Å². The van der Waals surface area contributed by atoms with Gasteiger partial charge in [-0.1, -0.05) is 22.6 Å². The van der Waals surface area contributed by atoms with E-state index in [0.29, 0.717) is 4.05 Å². The van der Waals surface area contributed by atoms with Gasteiger partial charge < -0.3 is 10.6 Å². The third-order valence-corrected chi connectivity index (χ3v) is 2.56. The summed E-state index contributed by atoms with van der Waals surface area (Å²) in [6.45, 7) is 1.19. The van der Waals surface area contributed by atoms with E-state index in [1.165, 1.54) is 6.54 Å². The van der Waals surface area contributed by atoms with E-state index >= 15 is 0 Å². The number of nitrogens with one attached hydrogen (secondary N) is 2. The fourth-order valence-corrected chi connectivity index (χ4v) is 0.985. The van der Waals surface area contributed by atoms with E-state index in [2.05, 4.69) is 33.2 Å². The Morgan fingerprint density at radius 1 is 2.00 bits per heavy atom. The maximum absolute atomic E-state index is 3.22. The normalized spacial score (nSPS) is 32.6. The molecular weight excluding hydrogens is 203 g/mol. The van der Waals surface area contributed by atoms with Crippen molar-refractivity contribution in [2.45, 2.75) is 10.1 Å². The van der Waals surface area contributed by atoms with Crippen LogP contribution in [0.3, 0.4) is 0 Å². The van der Waals surface area contributed by atoms with E-state index in [1.807, 2.05) is 7.05 Å². The second-order valence-electron chi connectivity index (χ2n) is 1.71. The standard InChI is InChI=1S/C4H9IN2/c1-6-4(5)3-2-7-3/h3-4,6-7H,2H2,1H3. The maximum atomic E-state index is 3.22. The number of rotatable bonds is 2. The van der Waals surface area contributed by atoms with Gasteiger partial charge in [0.15, 0.2) is 0 Å². The average Bonchev–Trinajstić information content (AvgIpc) is 2.44. The Kier molecular flexibility index (Phi) is 1.88. The molecule has 0 saturated carbocycles. The van der Waals surface area contributed by atoms with Crippen LogP contribution in [0.1, 0.15) is 0 Å². The van der Waals surface area contributed by atoms with Crippen molar-refractivity contribution in [3.8, 4) is 0 Å². The highest BCUT2D eigenvalue weighted by atomic mass is 127. The quantitative estimate of drug-likeness (QED) is 0.291. The monoisotopic (exact) mass is 212 g/mol. The molecule has 3 heteroatoms. The molecule has 0 radical (unpaired) electrons. The fraction of sp³-hybridized carbons (Fsp3) is 1.00. The molecule has 1 heterocycles. The van der Waals surface area contributed by atoms with E-state index in [9.17, 15) is 0 Å². The first-order valence-corrected chi connectivity index (χ1v) is 3.64. The minimum Gasteiger partial charge on any atom is -0.309 e. The van der Waals surface area contributed by atoms with Gasteiger partial charge >= 0.3 is 0 Å². The summed E-state index contributed by atoms with van der Waals surface area (Å²) in [6, 6.07) is 0.741. The molecule has 7 heavy (non-hydrogen) atoms. The molecular formula is C4H9IN2. The van der Waals surface area contributed by atoms with Gasteiger partial charge in [0, 0.05) is 12.6 Å². The molecule has 2 N–H and O–H groups in total. The Morgan fingerprint density at radius 2 is 2.57 bits per heavy atom. The summed E-state index contributed by atoms with van der Waals surface area (Å²) in [7, 11) is 1.98. The van der Waals surface area contributed by atoms with Crippen molar-refractivity contribution in [1.29, 1.82) is 0 Å². The molecule has 0 bridgehead atoms. The molecule has 1 aliphatic heterocycles. The predicted octanol–water partition coefficient (Wildman–Crippen LogP) is -0.0613. The minimum absolute atomic E-state index is 0.623. The van der Waals surface area contributed by atoms with Crippen LogP contribution in [0.2, 0.25) is 0 Å². The van der Waals surface area contributed by atoms with Crippen LogP contribution >= 0.6 is 22.6 Å². The Labute approximate surface area is 57.2 Å². The Balaban J connectivity index is 2.10. The first-order chi connectivity index (χ1) is 3.34. The number of hydrogen-bond donors (Lipinski definition) is 2. The number of likely N-dealkylation sites (N-methyl/N-ethyl adjacent to an activating group) is 1. The van der Waals surface area contributed by atoms with Crippen molar-refractivity contribution in [1.82, 2.24) is 10.6 Å². The summed E-state index contributed by atoms with van der Waals surface area (Å²) in [5, 5.41) is 6.37. The number of alkyl halides is 1. The molecule has 42 valence electrons. The molecule has 1 aliphatic rings. The van der Waals surface area contributed by atoms with Crippen molar-refractivity contribution in [3.05, 3.63) is 0 Å². The van der Waals surface area contributed by atoms with Crippen molar-refractivity contribution >= 4 is 22.6 Å². The molecule has 1 rings (SSSR count). The lowest BCUT2D eigenvalue weighted by Crippen LogP contribution is -2.25. The lowest BCUT2D eigenvalue weighted by atomic mass is 10.5. The highest BCUT2D eigenvalue weighted by Gasteiger charge is 2.26. The molecule has 2 atom stereocenters. The highest BCUT2D eigenvalue weighted by Crippen LogP contribution is 2.09. The lowest BCUT2D eigenvalue weighted by molar-refractivity contribution is 0.750. The molecule has 0 aliphatic carbocycles. The summed E-state index contributed by atoms with van der Waals surface area (Å²) >= 11 is 2.38. The summed E-state index contributed by atoms with van der Waals surface area (Å²) in [5.41, 5.74) is 0. The summed E-state index contributed by atoms with van der Waals surface area (Å²) in [5.74, 6) is 0. The van der Waals surface area contributed by atoms with Crippen LogP contribution in [-0.2, 0) is 0 Å². The van der Waals surface area contributed by atoms with Crippen LogP contribution in [-0.4, -0.2) is 23.7 Å². The minimum atomic E-state index is 0.623. The third-order valence-electron chi connectivity index (χ3n) is 1.07. The zero-order valence-corrected chi connectivity index (χ0v) is 6.40. The van der Waals surface area contributed by atoms with Gasteiger partial charge in [-0.25, -0.2) is 0 Å². The molecule has 0 aromatic heterocycles. The molecule has 1 fully saturated rings. The summed E-state index contributed by atoms with van der Waals surface area (Å²) in [6.07, 6.45) is 0. The van der Waals surface area contributed by atoms with Gasteiger partial charge in [0.1, 0.15) is 0 Å². The molecule has 0 aromatic carbocycles. The second-order valence-corrected chi connectivity index (χ2v) is 3.05. The lowest BCUT2D eigenvalue weighted by Gasteiger charge is -2.01. The topological polar surface area (TPSA) is 34.0 Å². The van der Waals surface area contributed by atoms with E-state index in [0.717, 1.165) is 6.04 Å². The van der Waals surface area contributed by atoms with Gasteiger partial charge in [-0.2, -0.15) is 0 Å². The molecule has 0 aromatic rings. The van der Waals surface area contributed by atoms with Crippen molar-refractivity contribution < 1.29 is 0 Å². The predicted molar refractivity (Wildman–Crippen MR) is 38.7 cm³/mol. The van der Waals surface area contributed by atoms with Crippen LogP contribution in [0.5, 0.6) is 0 Å². The number of hydrogen-bond acceptors (Lipinski definition) is 2. The molecule has 0 amide bonds. The molecule has 0 spiro atoms. The van der Waals surface area contributed by atoms with E-state index < -0.39 is 0 Å². The van der Waals surface area contributed by atoms with Crippen LogP contribution in [0.25, 0.3) is 0 Å². The van der Waals surface area contributed by atoms with E-state index in [1.54, 1.807) is 0 Å². The number of halogens is 1. The maximum Gasteiger partial charge on any atom is 0.0759 e. The Morgan fingerprint density at radius 3 is 2.71 bits per heavy atom. The van der Waals surface area contributed by atoms with Gasteiger partial charge in [0.2, 0.25) is 0 Å². The zero-order valence-electron chi connectivity index (χ0n) is 4.24.